The normalized spacial score (nSPS) is 15.6. The van der Waals surface area contributed by atoms with Gasteiger partial charge in [0.25, 0.3) is 0 Å². The number of hydrogen-bond acceptors (Lipinski definition) is 23. The zero-order chi connectivity index (χ0) is 62.8. The SMILES string of the molecule is C=C(C)C(=O)O.C=C(C)C(=O)O.CC(O)COC(C)COC(C)COC(C)COC(C)COC(C)COC(C)COC(C)COC(C)COC(C)COC(C)COC(C)CO.OCCOCCOCCO.OCCOCCOCCO. The fourth-order valence-corrected chi connectivity index (χ4v) is 4.74. The van der Waals surface area contributed by atoms with E-state index in [1.165, 1.54) is 13.8 Å². The second-order valence-electron chi connectivity index (χ2n) is 19.1. The van der Waals surface area contributed by atoms with Gasteiger partial charge in [0.2, 0.25) is 0 Å². The van der Waals surface area contributed by atoms with Gasteiger partial charge in [0, 0.05) is 11.1 Å². The number of aliphatic carboxylic acids is 2. The van der Waals surface area contributed by atoms with Crippen LogP contribution in [0.4, 0.5) is 0 Å². The molecule has 0 aromatic rings. The second-order valence-corrected chi connectivity index (χ2v) is 19.1. The van der Waals surface area contributed by atoms with Crippen LogP contribution in [0.15, 0.2) is 24.3 Å². The summed E-state index contributed by atoms with van der Waals surface area (Å²) in [6, 6.07) is 0. The van der Waals surface area contributed by atoms with Crippen LogP contribution < -0.4 is 0 Å². The average Bonchev–Trinajstić information content (AvgIpc) is 3.43. The Labute approximate surface area is 485 Å². The molecule has 25 heteroatoms. The lowest BCUT2D eigenvalue weighted by molar-refractivity contribution is -0.133. The van der Waals surface area contributed by atoms with E-state index in [-0.39, 0.29) is 111 Å². The standard InChI is InChI=1S/C36H74O13.2C6H14O4.2C4H6O2/c1-25(38)14-39-27(3)16-41-29(5)18-43-31(7)20-45-33(9)22-47-35(11)24-49-36(12)23-48-34(10)21-46-32(8)19-44-30(6)17-42-28(4)15-40-26(2)13-37;2*7-1-3-9-5-6-10-4-2-8;2*1-3(2)4(5)6/h25-38H,13-24H2,1-12H3;2*7-8H,1-6H2;2*1H2,2H3,(H,5,6). The van der Waals surface area contributed by atoms with E-state index in [9.17, 15) is 14.7 Å². The molecule has 0 spiro atoms. The largest absolute Gasteiger partial charge is 0.478 e. The maximum absolute atomic E-state index is 9.60. The Morgan fingerprint density at radius 2 is 0.457 bits per heavy atom. The molecular weight excluding hydrogens is 1070 g/mol. The molecule has 0 bridgehead atoms. The summed E-state index contributed by atoms with van der Waals surface area (Å²) >= 11 is 0. The van der Waals surface area contributed by atoms with Crippen molar-refractivity contribution in [3.8, 4) is 0 Å². The van der Waals surface area contributed by atoms with E-state index in [0.717, 1.165) is 0 Å². The molecule has 0 aliphatic heterocycles. The van der Waals surface area contributed by atoms with E-state index >= 15 is 0 Å². The number of carboxylic acids is 2. The topological polar surface area (TPSA) is 334 Å². The first kappa shape index (κ1) is 87.4. The van der Waals surface area contributed by atoms with Gasteiger partial charge in [-0.05, 0) is 96.9 Å². The molecule has 0 amide bonds. The third-order valence-corrected chi connectivity index (χ3v) is 9.45. The predicted molar refractivity (Wildman–Crippen MR) is 305 cm³/mol. The van der Waals surface area contributed by atoms with E-state index in [1.54, 1.807) is 6.92 Å². The molecule has 12 unspecified atom stereocenters. The molecular formula is C56H114O25. The quantitative estimate of drug-likeness (QED) is 0.0320. The first-order valence-electron chi connectivity index (χ1n) is 27.8. The summed E-state index contributed by atoms with van der Waals surface area (Å²) < 4.78 is 83.3. The van der Waals surface area contributed by atoms with Gasteiger partial charge in [-0.1, -0.05) is 13.2 Å². The Hall–Kier alpha value is -2.42. The molecule has 0 aromatic carbocycles. The highest BCUT2D eigenvalue weighted by Crippen LogP contribution is 2.07. The Kier molecular flexibility index (Phi) is 68.6. The van der Waals surface area contributed by atoms with Crippen molar-refractivity contribution in [2.45, 2.75) is 170 Å². The summed E-state index contributed by atoms with van der Waals surface area (Å²) in [6.45, 7) is 40.6. The van der Waals surface area contributed by atoms with Crippen molar-refractivity contribution >= 4 is 11.9 Å². The molecule has 0 aliphatic carbocycles. The minimum absolute atomic E-state index is 0.00643. The number of carbonyl (C=O) groups is 2. The minimum atomic E-state index is -0.935. The van der Waals surface area contributed by atoms with Gasteiger partial charge in [0.05, 0.1) is 232 Å². The molecule has 0 radical (unpaired) electrons. The Morgan fingerprint density at radius 1 is 0.309 bits per heavy atom. The molecule has 488 valence electrons. The molecule has 0 heterocycles. The van der Waals surface area contributed by atoms with E-state index < -0.39 is 18.0 Å². The van der Waals surface area contributed by atoms with Crippen LogP contribution in [0, 0.1) is 0 Å². The Balaban J connectivity index is -0.000000478. The van der Waals surface area contributed by atoms with Crippen molar-refractivity contribution in [1.82, 2.24) is 0 Å². The molecule has 0 aromatic heterocycles. The van der Waals surface area contributed by atoms with Gasteiger partial charge in [-0.25, -0.2) is 9.59 Å². The maximum Gasteiger partial charge on any atom is 0.330 e. The highest BCUT2D eigenvalue weighted by atomic mass is 16.6. The second kappa shape index (κ2) is 63.6. The fourth-order valence-electron chi connectivity index (χ4n) is 4.74. The highest BCUT2D eigenvalue weighted by molar-refractivity contribution is 5.85. The van der Waals surface area contributed by atoms with Crippen molar-refractivity contribution < 1.29 is 121 Å². The molecule has 0 aliphatic rings. The van der Waals surface area contributed by atoms with Crippen LogP contribution in [-0.4, -0.2) is 285 Å². The third-order valence-electron chi connectivity index (χ3n) is 9.45. The first-order chi connectivity index (χ1) is 38.2. The van der Waals surface area contributed by atoms with Gasteiger partial charge >= 0.3 is 11.9 Å². The van der Waals surface area contributed by atoms with Crippen molar-refractivity contribution in [2.24, 2.45) is 0 Å². The first-order valence-corrected chi connectivity index (χ1v) is 27.8. The third kappa shape index (κ3) is 75.6. The van der Waals surface area contributed by atoms with Gasteiger partial charge in [-0.15, -0.1) is 0 Å². The summed E-state index contributed by atoms with van der Waals surface area (Å²) in [5.41, 5.74) is 0.352. The van der Waals surface area contributed by atoms with Gasteiger partial charge in [0.15, 0.2) is 0 Å². The number of ether oxygens (including phenoxy) is 15. The van der Waals surface area contributed by atoms with Gasteiger partial charge in [0.1, 0.15) is 0 Å². The van der Waals surface area contributed by atoms with E-state index in [1.807, 2.05) is 76.2 Å². The molecule has 12 atom stereocenters. The summed E-state index contributed by atoms with van der Waals surface area (Å²) in [4.78, 5) is 19.2. The summed E-state index contributed by atoms with van der Waals surface area (Å²) in [5.74, 6) is -1.87. The molecule has 25 nitrogen and oxygen atoms in total. The number of aliphatic hydroxyl groups is 6. The number of rotatable bonds is 50. The zero-order valence-electron chi connectivity index (χ0n) is 51.8. The lowest BCUT2D eigenvalue weighted by Crippen LogP contribution is -2.31. The van der Waals surface area contributed by atoms with Crippen LogP contribution >= 0.6 is 0 Å². The van der Waals surface area contributed by atoms with Crippen LogP contribution in [0.1, 0.15) is 96.9 Å². The average molecular weight is 1190 g/mol. The van der Waals surface area contributed by atoms with E-state index in [2.05, 4.69) is 13.2 Å². The fraction of sp³-hybridized carbons (Fsp3) is 0.893. The number of aliphatic hydroxyl groups excluding tert-OH is 6. The lowest BCUT2D eigenvalue weighted by Gasteiger charge is -2.23. The summed E-state index contributed by atoms with van der Waals surface area (Å²) in [6.07, 6.45) is -1.54. The van der Waals surface area contributed by atoms with Crippen molar-refractivity contribution in [1.29, 1.82) is 0 Å². The Bertz CT molecular complexity index is 1290. The predicted octanol–water partition coefficient (Wildman–Crippen LogP) is 3.12. The van der Waals surface area contributed by atoms with Crippen molar-refractivity contribution in [2.75, 3.05) is 159 Å². The molecule has 0 saturated heterocycles. The minimum Gasteiger partial charge on any atom is -0.478 e. The van der Waals surface area contributed by atoms with Crippen LogP contribution in [0.2, 0.25) is 0 Å². The van der Waals surface area contributed by atoms with Gasteiger partial charge in [-0.3, -0.25) is 0 Å². The highest BCUT2D eigenvalue weighted by Gasteiger charge is 2.16. The number of carboxylic acid groups (broad SMARTS) is 2. The maximum atomic E-state index is 9.60. The summed E-state index contributed by atoms with van der Waals surface area (Å²) in [7, 11) is 0. The molecule has 0 saturated carbocycles. The van der Waals surface area contributed by atoms with Crippen LogP contribution in [-0.2, 0) is 80.6 Å². The van der Waals surface area contributed by atoms with Crippen LogP contribution in [0.25, 0.3) is 0 Å². The van der Waals surface area contributed by atoms with Crippen molar-refractivity contribution in [3.05, 3.63) is 24.3 Å². The lowest BCUT2D eigenvalue weighted by atomic mass is 10.3. The van der Waals surface area contributed by atoms with E-state index in [4.69, 9.17) is 107 Å². The Morgan fingerprint density at radius 3 is 0.580 bits per heavy atom. The van der Waals surface area contributed by atoms with Gasteiger partial charge < -0.3 is 112 Å². The van der Waals surface area contributed by atoms with Crippen LogP contribution in [0.5, 0.6) is 0 Å². The molecule has 8 N–H and O–H groups in total. The zero-order valence-corrected chi connectivity index (χ0v) is 51.8. The number of hydrogen-bond donors (Lipinski definition) is 8. The molecule has 0 rings (SSSR count). The van der Waals surface area contributed by atoms with Crippen LogP contribution in [0.3, 0.4) is 0 Å². The van der Waals surface area contributed by atoms with Gasteiger partial charge in [-0.2, -0.15) is 0 Å². The van der Waals surface area contributed by atoms with Crippen molar-refractivity contribution in [3.63, 3.8) is 0 Å². The summed E-state index contributed by atoms with van der Waals surface area (Å²) in [5, 5.41) is 67.2. The monoisotopic (exact) mass is 1190 g/mol. The molecule has 81 heavy (non-hydrogen) atoms. The smallest absolute Gasteiger partial charge is 0.330 e. The van der Waals surface area contributed by atoms with E-state index in [0.29, 0.717) is 126 Å². The molecule has 0 fully saturated rings.